The molecule has 3 rings (SSSR count). The number of carboxylic acid groups (broad SMARTS) is 1. The molecule has 4 nitrogen and oxygen atoms in total. The number of nitrogens with zero attached hydrogens (tertiary/aromatic N) is 1. The Kier molecular flexibility index (Phi) is 5.22. The molecule has 128 valence electrons. The molecular weight excluding hydrogens is 388 g/mol. The lowest BCUT2D eigenvalue weighted by molar-refractivity contribution is 0.0691. The predicted octanol–water partition coefficient (Wildman–Crippen LogP) is 5.53. The van der Waals surface area contributed by atoms with Crippen LogP contribution in [-0.2, 0) is 6.61 Å². The molecule has 0 saturated carbocycles. The summed E-state index contributed by atoms with van der Waals surface area (Å²) < 4.78 is 19.6. The minimum atomic E-state index is -1.12. The molecule has 0 spiro atoms. The smallest absolute Gasteiger partial charge is 0.355 e. The first-order chi connectivity index (χ1) is 12.0. The number of carbonyl (C=O) groups is 1. The molecule has 2 aromatic carbocycles. The average Bonchev–Trinajstić information content (AvgIpc) is 3.05. The zero-order valence-electron chi connectivity index (χ0n) is 12.5. The molecule has 3 aromatic rings. The molecule has 0 unspecified atom stereocenters. The number of rotatable bonds is 5. The van der Waals surface area contributed by atoms with E-state index in [1.165, 1.54) is 17.5 Å². The van der Waals surface area contributed by atoms with Crippen LogP contribution in [0.1, 0.15) is 16.1 Å². The highest BCUT2D eigenvalue weighted by molar-refractivity contribution is 7.13. The highest BCUT2D eigenvalue weighted by Gasteiger charge is 2.16. The lowest BCUT2D eigenvalue weighted by Crippen LogP contribution is -2.01. The number of halogens is 3. The predicted molar refractivity (Wildman–Crippen MR) is 95.3 cm³/mol. The molecule has 0 bridgehead atoms. The fourth-order valence-electron chi connectivity index (χ4n) is 2.11. The maximum Gasteiger partial charge on any atom is 0.355 e. The van der Waals surface area contributed by atoms with Gasteiger partial charge in [0, 0.05) is 16.0 Å². The molecule has 1 heterocycles. The van der Waals surface area contributed by atoms with Crippen LogP contribution >= 0.6 is 34.5 Å². The van der Waals surface area contributed by atoms with E-state index in [1.807, 2.05) is 0 Å². The van der Waals surface area contributed by atoms with E-state index in [0.29, 0.717) is 21.3 Å². The summed E-state index contributed by atoms with van der Waals surface area (Å²) in [7, 11) is 0. The number of thiazole rings is 1. The van der Waals surface area contributed by atoms with E-state index >= 15 is 0 Å². The zero-order chi connectivity index (χ0) is 18.0. The van der Waals surface area contributed by atoms with Crippen molar-refractivity contribution < 1.29 is 19.0 Å². The van der Waals surface area contributed by atoms with E-state index in [1.54, 1.807) is 24.3 Å². The molecule has 1 aromatic heterocycles. The zero-order valence-corrected chi connectivity index (χ0v) is 14.8. The fraction of sp³-hybridized carbons (Fsp3) is 0.0588. The summed E-state index contributed by atoms with van der Waals surface area (Å²) in [6.45, 7) is -0.0860. The van der Waals surface area contributed by atoms with Crippen LogP contribution in [0.5, 0.6) is 5.75 Å². The van der Waals surface area contributed by atoms with Gasteiger partial charge in [-0.1, -0.05) is 29.3 Å². The van der Waals surface area contributed by atoms with Gasteiger partial charge in [0.25, 0.3) is 0 Å². The van der Waals surface area contributed by atoms with Crippen molar-refractivity contribution in [2.45, 2.75) is 6.61 Å². The van der Waals surface area contributed by atoms with Crippen molar-refractivity contribution in [1.82, 2.24) is 4.98 Å². The molecule has 8 heteroatoms. The lowest BCUT2D eigenvalue weighted by atomic mass is 10.2. The van der Waals surface area contributed by atoms with E-state index in [0.717, 1.165) is 11.3 Å². The van der Waals surface area contributed by atoms with Crippen molar-refractivity contribution in [2.24, 2.45) is 0 Å². The number of hydrogen-bond donors (Lipinski definition) is 1. The van der Waals surface area contributed by atoms with Gasteiger partial charge in [0.05, 0.1) is 10.6 Å². The summed E-state index contributed by atoms with van der Waals surface area (Å²) in [6.07, 6.45) is 0. The Morgan fingerprint density at radius 1 is 1.28 bits per heavy atom. The first-order valence-corrected chi connectivity index (χ1v) is 8.63. The van der Waals surface area contributed by atoms with Crippen LogP contribution in [0, 0.1) is 5.82 Å². The van der Waals surface area contributed by atoms with Gasteiger partial charge in [-0.15, -0.1) is 11.3 Å². The fourth-order valence-corrected chi connectivity index (χ4v) is 3.32. The third-order valence-electron chi connectivity index (χ3n) is 3.33. The molecule has 0 aliphatic carbocycles. The summed E-state index contributed by atoms with van der Waals surface area (Å²) in [6, 6.07) is 9.24. The first kappa shape index (κ1) is 17.7. The molecule has 0 radical (unpaired) electrons. The second-order valence-corrected chi connectivity index (χ2v) is 6.67. The van der Waals surface area contributed by atoms with Crippen LogP contribution in [-0.4, -0.2) is 16.1 Å². The van der Waals surface area contributed by atoms with Gasteiger partial charge in [0.1, 0.15) is 23.2 Å². The Morgan fingerprint density at radius 2 is 2.08 bits per heavy atom. The van der Waals surface area contributed by atoms with E-state index in [4.69, 9.17) is 33.0 Å². The molecule has 0 aliphatic heterocycles. The van der Waals surface area contributed by atoms with Crippen molar-refractivity contribution >= 4 is 40.5 Å². The van der Waals surface area contributed by atoms with Crippen molar-refractivity contribution in [1.29, 1.82) is 0 Å². The van der Waals surface area contributed by atoms with Gasteiger partial charge >= 0.3 is 5.97 Å². The molecule has 0 fully saturated rings. The van der Waals surface area contributed by atoms with E-state index in [9.17, 15) is 9.18 Å². The minimum Gasteiger partial charge on any atom is -0.488 e. The van der Waals surface area contributed by atoms with Crippen LogP contribution in [0.4, 0.5) is 4.39 Å². The Morgan fingerprint density at radius 3 is 2.76 bits per heavy atom. The molecule has 0 atom stereocenters. The van der Waals surface area contributed by atoms with E-state index < -0.39 is 11.8 Å². The second kappa shape index (κ2) is 7.39. The summed E-state index contributed by atoms with van der Waals surface area (Å²) in [4.78, 5) is 15.1. The minimum absolute atomic E-state index is 0.0666. The quantitative estimate of drug-likeness (QED) is 0.614. The number of hydrogen-bond acceptors (Lipinski definition) is 4. The number of aromatic carboxylic acids is 1. The van der Waals surface area contributed by atoms with E-state index in [2.05, 4.69) is 4.98 Å². The van der Waals surface area contributed by atoms with Gasteiger partial charge < -0.3 is 9.84 Å². The summed E-state index contributed by atoms with van der Waals surface area (Å²) in [5.41, 5.74) is 0.691. The second-order valence-electron chi connectivity index (χ2n) is 4.97. The van der Waals surface area contributed by atoms with Crippen LogP contribution in [0.25, 0.3) is 10.6 Å². The van der Waals surface area contributed by atoms with Crippen LogP contribution in [0.2, 0.25) is 10.0 Å². The van der Waals surface area contributed by atoms with Crippen molar-refractivity contribution in [3.05, 3.63) is 68.9 Å². The van der Waals surface area contributed by atoms with Crippen LogP contribution in [0.3, 0.4) is 0 Å². The van der Waals surface area contributed by atoms with Gasteiger partial charge in [-0.05, 0) is 30.3 Å². The summed E-state index contributed by atoms with van der Waals surface area (Å²) in [5, 5.41) is 11.6. The molecular formula is C17H10Cl2FNO3S. The van der Waals surface area contributed by atoms with Gasteiger partial charge in [-0.3, -0.25) is 0 Å². The van der Waals surface area contributed by atoms with Gasteiger partial charge in [-0.25, -0.2) is 14.2 Å². The van der Waals surface area contributed by atoms with E-state index in [-0.39, 0.29) is 22.9 Å². The maximum atomic E-state index is 13.9. The number of carboxylic acids is 1. The number of aromatic nitrogens is 1. The standard InChI is InChI=1S/C17H10Cl2FNO3S/c18-9-4-5-15(24-7-11-12(19)2-1-3-13(11)20)10(6-9)16-21-14(8-25-16)17(22)23/h1-6,8H,7H2,(H,22,23). The number of ether oxygens (including phenoxy) is 1. The van der Waals surface area contributed by atoms with Crippen LogP contribution < -0.4 is 4.74 Å². The normalized spacial score (nSPS) is 10.7. The SMILES string of the molecule is O=C(O)c1csc(-c2cc(Cl)ccc2OCc2c(F)cccc2Cl)n1. The van der Waals surface area contributed by atoms with Gasteiger partial charge in [-0.2, -0.15) is 0 Å². The molecule has 1 N–H and O–H groups in total. The monoisotopic (exact) mass is 397 g/mol. The Labute approximate surface area is 156 Å². The molecule has 0 amide bonds. The third kappa shape index (κ3) is 3.92. The molecule has 0 saturated heterocycles. The van der Waals surface area contributed by atoms with Crippen molar-refractivity contribution in [3.8, 4) is 16.3 Å². The first-order valence-electron chi connectivity index (χ1n) is 7.00. The topological polar surface area (TPSA) is 59.4 Å². The molecule has 0 aliphatic rings. The highest BCUT2D eigenvalue weighted by atomic mass is 35.5. The Bertz CT molecular complexity index is 925. The molecule has 25 heavy (non-hydrogen) atoms. The van der Waals surface area contributed by atoms with Crippen LogP contribution in [0.15, 0.2) is 41.8 Å². The van der Waals surface area contributed by atoms with Crippen molar-refractivity contribution in [3.63, 3.8) is 0 Å². The number of benzene rings is 2. The Balaban J connectivity index is 1.93. The van der Waals surface area contributed by atoms with Gasteiger partial charge in [0.2, 0.25) is 0 Å². The Hall–Kier alpha value is -2.15. The maximum absolute atomic E-state index is 13.9. The lowest BCUT2D eigenvalue weighted by Gasteiger charge is -2.12. The third-order valence-corrected chi connectivity index (χ3v) is 4.79. The average molecular weight is 398 g/mol. The summed E-state index contributed by atoms with van der Waals surface area (Å²) >= 11 is 13.2. The van der Waals surface area contributed by atoms with Gasteiger partial charge in [0.15, 0.2) is 5.69 Å². The highest BCUT2D eigenvalue weighted by Crippen LogP contribution is 2.35. The largest absolute Gasteiger partial charge is 0.488 e. The summed E-state index contributed by atoms with van der Waals surface area (Å²) in [5.74, 6) is -1.19. The van der Waals surface area contributed by atoms with Crippen molar-refractivity contribution in [2.75, 3.05) is 0 Å².